The van der Waals surface area contributed by atoms with Crippen molar-refractivity contribution >= 4 is 11.6 Å². The van der Waals surface area contributed by atoms with Gasteiger partial charge in [0.05, 0.1) is 20.3 Å². The second kappa shape index (κ2) is 5.06. The maximum atomic E-state index is 12.9. The topological polar surface area (TPSA) is 62.6 Å². The maximum Gasteiger partial charge on any atom is 0.248 e. The number of para-hydroxylation sites is 1. The van der Waals surface area contributed by atoms with Crippen LogP contribution in [0.4, 0.5) is 5.69 Å². The highest BCUT2D eigenvalue weighted by atomic mass is 16.5. The van der Waals surface area contributed by atoms with Crippen molar-refractivity contribution in [2.75, 3.05) is 26.2 Å². The third-order valence-electron chi connectivity index (χ3n) is 4.79. The smallest absolute Gasteiger partial charge is 0.248 e. The number of rotatable bonds is 2. The lowest BCUT2D eigenvalue weighted by atomic mass is 9.62. The van der Waals surface area contributed by atoms with Crippen LogP contribution in [-0.2, 0) is 14.3 Å². The minimum atomic E-state index is -1.13. The number of hydrogen-bond donors (Lipinski definition) is 0. The molecule has 114 valence electrons. The average Bonchev–Trinajstić information content (AvgIpc) is 2.58. The highest BCUT2D eigenvalue weighted by molar-refractivity contribution is 6.03. The van der Waals surface area contributed by atoms with E-state index in [0.717, 1.165) is 11.3 Å². The molecule has 5 heteroatoms. The molecule has 1 aromatic carbocycles. The molecule has 0 unspecified atom stereocenters. The van der Waals surface area contributed by atoms with Crippen molar-refractivity contribution in [1.82, 2.24) is 0 Å². The number of nitriles is 1. The minimum Gasteiger partial charge on any atom is -0.498 e. The molecule has 1 aromatic rings. The second-order valence-electron chi connectivity index (χ2n) is 5.69. The van der Waals surface area contributed by atoms with Gasteiger partial charge in [0.2, 0.25) is 5.91 Å². The number of benzene rings is 1. The number of nitrogens with zero attached hydrogens (tertiary/aromatic N) is 2. The minimum absolute atomic E-state index is 0.177. The fourth-order valence-corrected chi connectivity index (χ4v) is 3.59. The van der Waals surface area contributed by atoms with Gasteiger partial charge < -0.3 is 14.4 Å². The standard InChI is InChI=1S/C17H18N2O3/c1-19-13-7-5-4-6-11(13)12-8-14(21-2)15(22-3)9-17(12,10-18)16(19)20/h4-7,12H,8-9H2,1-3H3/t12-,17+/m0/s1. The van der Waals surface area contributed by atoms with E-state index in [1.165, 1.54) is 0 Å². The van der Waals surface area contributed by atoms with Crippen LogP contribution in [-0.4, -0.2) is 27.2 Å². The van der Waals surface area contributed by atoms with E-state index in [1.54, 1.807) is 26.2 Å². The van der Waals surface area contributed by atoms with Crippen LogP contribution >= 0.6 is 0 Å². The fourth-order valence-electron chi connectivity index (χ4n) is 3.59. The molecule has 2 aliphatic rings. The van der Waals surface area contributed by atoms with E-state index in [-0.39, 0.29) is 18.2 Å². The van der Waals surface area contributed by atoms with Crippen LogP contribution in [0.25, 0.3) is 0 Å². The van der Waals surface area contributed by atoms with Crippen molar-refractivity contribution in [2.24, 2.45) is 5.41 Å². The largest absolute Gasteiger partial charge is 0.498 e. The summed E-state index contributed by atoms with van der Waals surface area (Å²) in [6.45, 7) is 0. The molecule has 3 rings (SSSR count). The van der Waals surface area contributed by atoms with Crippen molar-refractivity contribution in [3.8, 4) is 6.07 Å². The molecule has 0 saturated heterocycles. The first kappa shape index (κ1) is 14.5. The Labute approximate surface area is 129 Å². The predicted molar refractivity (Wildman–Crippen MR) is 80.9 cm³/mol. The zero-order valence-corrected chi connectivity index (χ0v) is 12.9. The summed E-state index contributed by atoms with van der Waals surface area (Å²) in [6, 6.07) is 10.0. The zero-order chi connectivity index (χ0) is 15.9. The first-order chi connectivity index (χ1) is 10.6. The Morgan fingerprint density at radius 1 is 1.27 bits per heavy atom. The number of fused-ring (bicyclic) bond motifs is 3. The van der Waals surface area contributed by atoms with E-state index in [4.69, 9.17) is 9.47 Å². The van der Waals surface area contributed by atoms with Crippen molar-refractivity contribution in [2.45, 2.75) is 18.8 Å². The van der Waals surface area contributed by atoms with Crippen LogP contribution in [0.3, 0.4) is 0 Å². The summed E-state index contributed by atoms with van der Waals surface area (Å²) in [5.41, 5.74) is 0.742. The molecule has 0 spiro atoms. The van der Waals surface area contributed by atoms with E-state index in [2.05, 4.69) is 6.07 Å². The first-order valence-corrected chi connectivity index (χ1v) is 7.17. The summed E-state index contributed by atoms with van der Waals surface area (Å²) >= 11 is 0. The molecule has 1 heterocycles. The number of methoxy groups -OCH3 is 2. The maximum absolute atomic E-state index is 12.9. The van der Waals surface area contributed by atoms with Gasteiger partial charge in [0, 0.05) is 31.5 Å². The third-order valence-corrected chi connectivity index (χ3v) is 4.79. The Bertz CT molecular complexity index is 704. The quantitative estimate of drug-likeness (QED) is 0.842. The summed E-state index contributed by atoms with van der Waals surface area (Å²) in [7, 11) is 4.86. The number of ether oxygens (including phenoxy) is 2. The van der Waals surface area contributed by atoms with Gasteiger partial charge in [-0.15, -0.1) is 0 Å². The SMILES string of the molecule is COC1=C(OC)C[C@]2(C#N)C(=O)N(C)c3ccccc3[C@@H]2C1. The van der Waals surface area contributed by atoms with Crippen molar-refractivity contribution in [1.29, 1.82) is 5.26 Å². The van der Waals surface area contributed by atoms with Crippen molar-refractivity contribution in [3.05, 3.63) is 41.3 Å². The van der Waals surface area contributed by atoms with Gasteiger partial charge in [-0.2, -0.15) is 5.26 Å². The Morgan fingerprint density at radius 2 is 1.95 bits per heavy atom. The van der Waals surface area contributed by atoms with Crippen LogP contribution in [0, 0.1) is 16.7 Å². The highest BCUT2D eigenvalue weighted by Crippen LogP contribution is 2.55. The summed E-state index contributed by atoms with van der Waals surface area (Å²) in [5.74, 6) is 0.904. The van der Waals surface area contributed by atoms with E-state index < -0.39 is 5.41 Å². The van der Waals surface area contributed by atoms with Gasteiger partial charge in [0.25, 0.3) is 0 Å². The van der Waals surface area contributed by atoms with Gasteiger partial charge in [-0.25, -0.2) is 0 Å². The average molecular weight is 298 g/mol. The molecule has 0 N–H and O–H groups in total. The summed E-state index contributed by atoms with van der Waals surface area (Å²) < 4.78 is 10.8. The summed E-state index contributed by atoms with van der Waals surface area (Å²) in [4.78, 5) is 14.5. The third kappa shape index (κ3) is 1.73. The Hall–Kier alpha value is -2.48. The second-order valence-corrected chi connectivity index (χ2v) is 5.69. The predicted octanol–water partition coefficient (Wildman–Crippen LogP) is 2.55. The lowest BCUT2D eigenvalue weighted by molar-refractivity contribution is -0.127. The molecular formula is C17H18N2O3. The van der Waals surface area contributed by atoms with Crippen LogP contribution < -0.4 is 4.90 Å². The molecule has 0 bridgehead atoms. The number of hydrogen-bond acceptors (Lipinski definition) is 4. The van der Waals surface area contributed by atoms with Gasteiger partial charge in [-0.3, -0.25) is 4.79 Å². The van der Waals surface area contributed by atoms with Crippen molar-refractivity contribution < 1.29 is 14.3 Å². The number of carbonyl (C=O) groups is 1. The molecule has 0 aromatic heterocycles. The fraction of sp³-hybridized carbons (Fsp3) is 0.412. The molecule has 1 aliphatic heterocycles. The van der Waals surface area contributed by atoms with E-state index in [9.17, 15) is 10.1 Å². The molecular weight excluding hydrogens is 280 g/mol. The number of allylic oxidation sites excluding steroid dienone is 2. The molecule has 22 heavy (non-hydrogen) atoms. The van der Waals surface area contributed by atoms with Gasteiger partial charge in [0.1, 0.15) is 11.5 Å². The zero-order valence-electron chi connectivity index (χ0n) is 12.9. The van der Waals surface area contributed by atoms with Gasteiger partial charge in [0.15, 0.2) is 5.41 Å². The van der Waals surface area contributed by atoms with Gasteiger partial charge in [-0.05, 0) is 11.6 Å². The molecule has 0 saturated carbocycles. The molecule has 1 amide bonds. The van der Waals surface area contributed by atoms with Gasteiger partial charge >= 0.3 is 0 Å². The van der Waals surface area contributed by atoms with Gasteiger partial charge in [-0.1, -0.05) is 18.2 Å². The lowest BCUT2D eigenvalue weighted by Gasteiger charge is -2.45. The van der Waals surface area contributed by atoms with Crippen LogP contribution in [0.15, 0.2) is 35.8 Å². The summed E-state index contributed by atoms with van der Waals surface area (Å²) in [6.07, 6.45) is 0.731. The lowest BCUT2D eigenvalue weighted by Crippen LogP contribution is -2.51. The van der Waals surface area contributed by atoms with Crippen molar-refractivity contribution in [3.63, 3.8) is 0 Å². The van der Waals surface area contributed by atoms with Crippen LogP contribution in [0.2, 0.25) is 0 Å². The summed E-state index contributed by atoms with van der Waals surface area (Å²) in [5, 5.41) is 9.85. The molecule has 2 atom stereocenters. The molecule has 1 aliphatic carbocycles. The number of amides is 1. The van der Waals surface area contributed by atoms with E-state index in [1.807, 2.05) is 24.3 Å². The molecule has 0 fully saturated rings. The first-order valence-electron chi connectivity index (χ1n) is 7.17. The van der Waals surface area contributed by atoms with Crippen LogP contribution in [0.1, 0.15) is 24.3 Å². The monoisotopic (exact) mass is 298 g/mol. The normalized spacial score (nSPS) is 26.9. The highest BCUT2D eigenvalue weighted by Gasteiger charge is 2.56. The molecule has 5 nitrogen and oxygen atoms in total. The van der Waals surface area contributed by atoms with Crippen LogP contribution in [0.5, 0.6) is 0 Å². The number of anilines is 1. The molecule has 0 radical (unpaired) electrons. The van der Waals surface area contributed by atoms with E-state index >= 15 is 0 Å². The van der Waals surface area contributed by atoms with E-state index in [0.29, 0.717) is 17.9 Å². The Balaban J connectivity index is 2.23. The Morgan fingerprint density at radius 3 is 2.59 bits per heavy atom. The Kier molecular flexibility index (Phi) is 3.32. The number of carbonyl (C=O) groups excluding carboxylic acids is 1.